The third-order valence-corrected chi connectivity index (χ3v) is 5.66. The van der Waals surface area contributed by atoms with Crippen molar-refractivity contribution >= 4 is 34.0 Å². The van der Waals surface area contributed by atoms with Gasteiger partial charge in [-0.2, -0.15) is 4.31 Å². The highest BCUT2D eigenvalue weighted by Gasteiger charge is 2.32. The number of hydrogen-bond donors (Lipinski definition) is 1. The first-order valence-corrected chi connectivity index (χ1v) is 7.84. The predicted molar refractivity (Wildman–Crippen MR) is 81.5 cm³/mol. The Kier molecular flexibility index (Phi) is 6.09. The van der Waals surface area contributed by atoms with Crippen LogP contribution in [0.4, 0.5) is 0 Å². The number of benzene rings is 1. The van der Waals surface area contributed by atoms with E-state index in [4.69, 9.17) is 16.3 Å². The van der Waals surface area contributed by atoms with Crippen LogP contribution in [-0.2, 0) is 10.0 Å². The number of methoxy groups -OCH3 is 1. The number of sulfonamides is 1. The van der Waals surface area contributed by atoms with Crippen LogP contribution in [0, 0.1) is 0 Å². The smallest absolute Gasteiger partial charge is 0.245 e. The second-order valence-electron chi connectivity index (χ2n) is 4.47. The number of piperazine rings is 1. The van der Waals surface area contributed by atoms with Crippen molar-refractivity contribution in [3.8, 4) is 5.75 Å². The van der Waals surface area contributed by atoms with Crippen molar-refractivity contribution in [3.05, 3.63) is 23.2 Å². The summed E-state index contributed by atoms with van der Waals surface area (Å²) in [7, 11) is -2.10. The Bertz CT molecular complexity index is 566. The van der Waals surface area contributed by atoms with Gasteiger partial charge in [0.15, 0.2) is 0 Å². The summed E-state index contributed by atoms with van der Waals surface area (Å²) in [6, 6.07) is 4.55. The van der Waals surface area contributed by atoms with Crippen LogP contribution in [0.3, 0.4) is 0 Å². The normalized spacial score (nSPS) is 20.2. The molecule has 20 heavy (non-hydrogen) atoms. The molecule has 1 aromatic carbocycles. The average molecular weight is 341 g/mol. The maximum absolute atomic E-state index is 12.6. The fourth-order valence-electron chi connectivity index (χ4n) is 2.11. The molecule has 1 atom stereocenters. The van der Waals surface area contributed by atoms with Gasteiger partial charge in [0.25, 0.3) is 0 Å². The van der Waals surface area contributed by atoms with Gasteiger partial charge in [-0.3, -0.25) is 0 Å². The highest BCUT2D eigenvalue weighted by atomic mass is 35.5. The Balaban J connectivity index is 0.00000200. The minimum Gasteiger partial charge on any atom is -0.497 e. The molecule has 0 bridgehead atoms. The lowest BCUT2D eigenvalue weighted by molar-refractivity contribution is 0.283. The standard InChI is InChI=1S/C12H17ClN2O3S.ClH/c1-9-8-14-5-6-15(9)19(16,17)12-7-10(18-2)3-4-11(12)13;/h3-4,7,9,14H,5-6,8H2,1-2H3;1H. The van der Waals surface area contributed by atoms with Crippen LogP contribution in [0.15, 0.2) is 23.1 Å². The third-order valence-electron chi connectivity index (χ3n) is 3.17. The molecular formula is C12H18Cl2N2O3S. The van der Waals surface area contributed by atoms with E-state index in [-0.39, 0.29) is 28.4 Å². The molecule has 1 aromatic rings. The fourth-order valence-corrected chi connectivity index (χ4v) is 4.24. The lowest BCUT2D eigenvalue weighted by Gasteiger charge is -2.33. The number of hydrogen-bond acceptors (Lipinski definition) is 4. The van der Waals surface area contributed by atoms with Gasteiger partial charge < -0.3 is 10.1 Å². The molecule has 0 amide bonds. The second kappa shape index (κ2) is 6.95. The molecule has 0 aliphatic carbocycles. The first-order chi connectivity index (χ1) is 8.96. The minimum atomic E-state index is -3.59. The second-order valence-corrected chi connectivity index (χ2v) is 6.73. The molecule has 2 rings (SSSR count). The Hall–Kier alpha value is -0.530. The number of nitrogens with one attached hydrogen (secondary N) is 1. The number of rotatable bonds is 3. The van der Waals surface area contributed by atoms with E-state index in [9.17, 15) is 8.42 Å². The largest absolute Gasteiger partial charge is 0.497 e. The van der Waals surface area contributed by atoms with Gasteiger partial charge in [0, 0.05) is 31.7 Å². The van der Waals surface area contributed by atoms with Crippen molar-refractivity contribution in [1.82, 2.24) is 9.62 Å². The summed E-state index contributed by atoms with van der Waals surface area (Å²) in [6.07, 6.45) is 0. The molecule has 0 radical (unpaired) electrons. The maximum Gasteiger partial charge on any atom is 0.245 e. The van der Waals surface area contributed by atoms with Gasteiger partial charge in [-0.1, -0.05) is 11.6 Å². The molecule has 0 saturated carbocycles. The lowest BCUT2D eigenvalue weighted by atomic mass is 10.3. The molecule has 1 N–H and O–H groups in total. The predicted octanol–water partition coefficient (Wildman–Crippen LogP) is 1.75. The summed E-state index contributed by atoms with van der Waals surface area (Å²) in [5, 5.41) is 3.38. The quantitative estimate of drug-likeness (QED) is 0.910. The van der Waals surface area contributed by atoms with E-state index < -0.39 is 10.0 Å². The van der Waals surface area contributed by atoms with Crippen molar-refractivity contribution in [3.63, 3.8) is 0 Å². The van der Waals surface area contributed by atoms with E-state index in [1.807, 2.05) is 6.92 Å². The van der Waals surface area contributed by atoms with Gasteiger partial charge in [-0.25, -0.2) is 8.42 Å². The Morgan fingerprint density at radius 2 is 2.15 bits per heavy atom. The van der Waals surface area contributed by atoms with Crippen LogP contribution in [0.5, 0.6) is 5.75 Å². The van der Waals surface area contributed by atoms with Crippen molar-refractivity contribution in [2.45, 2.75) is 17.9 Å². The molecule has 114 valence electrons. The number of ether oxygens (including phenoxy) is 1. The molecule has 1 fully saturated rings. The molecule has 1 unspecified atom stereocenters. The molecule has 0 aromatic heterocycles. The van der Waals surface area contributed by atoms with Crippen LogP contribution in [0.2, 0.25) is 5.02 Å². The average Bonchev–Trinajstić information content (AvgIpc) is 2.39. The molecule has 8 heteroatoms. The first-order valence-electron chi connectivity index (χ1n) is 6.03. The summed E-state index contributed by atoms with van der Waals surface area (Å²) >= 11 is 6.03. The molecule has 1 heterocycles. The molecule has 1 aliphatic heterocycles. The Labute approximate surface area is 130 Å². The highest BCUT2D eigenvalue weighted by Crippen LogP contribution is 2.29. The summed E-state index contributed by atoms with van der Waals surface area (Å²) in [4.78, 5) is 0.0993. The number of halogens is 2. The van der Waals surface area contributed by atoms with Crippen molar-refractivity contribution in [2.75, 3.05) is 26.7 Å². The van der Waals surface area contributed by atoms with Crippen molar-refractivity contribution in [2.24, 2.45) is 0 Å². The zero-order valence-corrected chi connectivity index (χ0v) is 13.7. The summed E-state index contributed by atoms with van der Waals surface area (Å²) in [6.45, 7) is 3.60. The van der Waals surface area contributed by atoms with E-state index in [1.54, 1.807) is 12.1 Å². The Morgan fingerprint density at radius 1 is 1.45 bits per heavy atom. The van der Waals surface area contributed by atoms with Crippen molar-refractivity contribution < 1.29 is 13.2 Å². The number of nitrogens with zero attached hydrogens (tertiary/aromatic N) is 1. The third kappa shape index (κ3) is 3.38. The molecule has 0 spiro atoms. The summed E-state index contributed by atoms with van der Waals surface area (Å²) < 4.78 is 31.8. The molecule has 1 saturated heterocycles. The van der Waals surface area contributed by atoms with Crippen LogP contribution in [0.25, 0.3) is 0 Å². The minimum absolute atomic E-state index is 0. The monoisotopic (exact) mass is 340 g/mol. The van der Waals surface area contributed by atoms with Gasteiger partial charge in [0.1, 0.15) is 10.6 Å². The summed E-state index contributed by atoms with van der Waals surface area (Å²) in [5.41, 5.74) is 0. The van der Waals surface area contributed by atoms with Crippen LogP contribution >= 0.6 is 24.0 Å². The topological polar surface area (TPSA) is 58.6 Å². The molecule has 5 nitrogen and oxygen atoms in total. The lowest BCUT2D eigenvalue weighted by Crippen LogP contribution is -2.52. The van der Waals surface area contributed by atoms with Gasteiger partial charge in [0.05, 0.1) is 12.1 Å². The molecular weight excluding hydrogens is 323 g/mol. The van der Waals surface area contributed by atoms with E-state index in [0.717, 1.165) is 0 Å². The highest BCUT2D eigenvalue weighted by molar-refractivity contribution is 7.89. The summed E-state index contributed by atoms with van der Waals surface area (Å²) in [5.74, 6) is 0.478. The van der Waals surface area contributed by atoms with Gasteiger partial charge in [-0.05, 0) is 19.1 Å². The first kappa shape index (κ1) is 17.5. The zero-order chi connectivity index (χ0) is 14.0. The molecule has 1 aliphatic rings. The van der Waals surface area contributed by atoms with Gasteiger partial charge >= 0.3 is 0 Å². The van der Waals surface area contributed by atoms with E-state index in [0.29, 0.717) is 25.4 Å². The van der Waals surface area contributed by atoms with E-state index in [2.05, 4.69) is 5.32 Å². The van der Waals surface area contributed by atoms with Crippen LogP contribution in [0.1, 0.15) is 6.92 Å². The zero-order valence-electron chi connectivity index (χ0n) is 11.3. The van der Waals surface area contributed by atoms with E-state index in [1.165, 1.54) is 17.5 Å². The van der Waals surface area contributed by atoms with Crippen LogP contribution < -0.4 is 10.1 Å². The maximum atomic E-state index is 12.6. The Morgan fingerprint density at radius 3 is 2.75 bits per heavy atom. The van der Waals surface area contributed by atoms with Gasteiger partial charge in [-0.15, -0.1) is 12.4 Å². The fraction of sp³-hybridized carbons (Fsp3) is 0.500. The SMILES string of the molecule is COc1ccc(Cl)c(S(=O)(=O)N2CCNCC2C)c1.Cl. The van der Waals surface area contributed by atoms with Crippen LogP contribution in [-0.4, -0.2) is 45.5 Å². The van der Waals surface area contributed by atoms with Crippen molar-refractivity contribution in [1.29, 1.82) is 0 Å². The van der Waals surface area contributed by atoms with Gasteiger partial charge in [0.2, 0.25) is 10.0 Å². The van der Waals surface area contributed by atoms with E-state index >= 15 is 0 Å².